The minimum absolute atomic E-state index is 0.0512. The Hall–Kier alpha value is -1.91. The van der Waals surface area contributed by atoms with Crippen LogP contribution in [-0.2, 0) is 31.8 Å². The molecule has 7 nitrogen and oxygen atoms in total. The fourth-order valence-corrected chi connectivity index (χ4v) is 17.0. The summed E-state index contributed by atoms with van der Waals surface area (Å²) in [6.45, 7) is 4.04. The van der Waals surface area contributed by atoms with E-state index in [4.69, 9.17) is 14.2 Å². The van der Waals surface area contributed by atoms with Crippen molar-refractivity contribution >= 4 is 27.6 Å². The molecule has 0 radical (unpaired) electrons. The highest BCUT2D eigenvalue weighted by atomic mass is 33.1. The Bertz CT molecular complexity index is 1750. The molecular weight excluding hydrogens is 751 g/mol. The van der Waals surface area contributed by atoms with Gasteiger partial charge in [-0.15, -0.1) is 0 Å². The van der Waals surface area contributed by atoms with Crippen molar-refractivity contribution in [2.24, 2.45) is 40.4 Å². The molecule has 312 valence electrons. The lowest BCUT2D eigenvalue weighted by molar-refractivity contribution is -0.133. The van der Waals surface area contributed by atoms with E-state index in [1.807, 2.05) is 0 Å². The number of carbonyl (C=O) groups is 1. The van der Waals surface area contributed by atoms with Gasteiger partial charge in [0.1, 0.15) is 11.3 Å². The van der Waals surface area contributed by atoms with Gasteiger partial charge in [-0.2, -0.15) is 0 Å². The molecule has 3 saturated heterocycles. The number of aryl methyl sites for hydroxylation is 1. The number of rotatable bonds is 8. The summed E-state index contributed by atoms with van der Waals surface area (Å²) in [5, 5.41) is 23.2. The number of aliphatic hydroxyl groups excluding tert-OH is 2. The van der Waals surface area contributed by atoms with E-state index >= 15 is 0 Å². The van der Waals surface area contributed by atoms with Crippen LogP contribution in [0.15, 0.2) is 59.0 Å². The van der Waals surface area contributed by atoms with Crippen LogP contribution in [-0.4, -0.2) is 70.5 Å². The summed E-state index contributed by atoms with van der Waals surface area (Å²) >= 11 is 0. The third kappa shape index (κ3) is 7.17. The maximum atomic E-state index is 13.1. The van der Waals surface area contributed by atoms with Gasteiger partial charge in [0.2, 0.25) is 5.76 Å². The molecule has 5 aliphatic heterocycles. The molecule has 10 atom stereocenters. The quantitative estimate of drug-likeness (QED) is 0.151. The summed E-state index contributed by atoms with van der Waals surface area (Å²) in [5.74, 6) is 5.55. The SMILES string of the molecule is CCCCCc1cccc(C[C@@H]2C[C@@H]3[C@@H](O)C[C@H]4[C@H](CC[C@]45CCCC54CCCC4)CSSC[C@H]4CC=C5OC(=C6OC(=O)C(CO)=C6OC)[C@@H](C)[C@H]5[C@H](C2)N43)c1. The number of ether oxygens (including phenoxy) is 3. The second-order valence-electron chi connectivity index (χ2n) is 19.3. The summed E-state index contributed by atoms with van der Waals surface area (Å²) < 4.78 is 18.3. The molecule has 5 heterocycles. The highest BCUT2D eigenvalue weighted by Crippen LogP contribution is 2.71. The molecule has 57 heavy (non-hydrogen) atoms. The molecule has 9 heteroatoms. The van der Waals surface area contributed by atoms with Crippen LogP contribution < -0.4 is 0 Å². The van der Waals surface area contributed by atoms with Crippen molar-refractivity contribution in [1.82, 2.24) is 4.90 Å². The number of piperidine rings is 1. The van der Waals surface area contributed by atoms with Gasteiger partial charge >= 0.3 is 5.97 Å². The van der Waals surface area contributed by atoms with Crippen molar-refractivity contribution in [1.29, 1.82) is 0 Å². The van der Waals surface area contributed by atoms with Gasteiger partial charge in [0.25, 0.3) is 0 Å². The van der Waals surface area contributed by atoms with E-state index in [0.717, 1.165) is 50.0 Å². The maximum absolute atomic E-state index is 13.1. The Morgan fingerprint density at radius 2 is 1.75 bits per heavy atom. The first kappa shape index (κ1) is 40.5. The van der Waals surface area contributed by atoms with E-state index in [9.17, 15) is 15.0 Å². The van der Waals surface area contributed by atoms with Crippen molar-refractivity contribution < 1.29 is 29.2 Å². The summed E-state index contributed by atoms with van der Waals surface area (Å²) in [4.78, 5) is 15.7. The predicted molar refractivity (Wildman–Crippen MR) is 229 cm³/mol. The van der Waals surface area contributed by atoms with Gasteiger partial charge in [0.05, 0.1) is 19.8 Å². The molecule has 9 rings (SSSR count). The monoisotopic (exact) mass is 817 g/mol. The first-order valence-electron chi connectivity index (χ1n) is 22.8. The predicted octanol–water partition coefficient (Wildman–Crippen LogP) is 9.91. The van der Waals surface area contributed by atoms with Crippen LogP contribution >= 0.6 is 21.6 Å². The lowest BCUT2D eigenvalue weighted by atomic mass is 9.57. The van der Waals surface area contributed by atoms with Crippen molar-refractivity contribution in [3.8, 4) is 0 Å². The zero-order valence-electron chi connectivity index (χ0n) is 34.7. The normalized spacial score (nSPS) is 39.0. The van der Waals surface area contributed by atoms with Gasteiger partial charge in [-0.05, 0) is 129 Å². The number of fused-ring (bicyclic) bond motifs is 5. The molecule has 6 fully saturated rings. The number of esters is 1. The number of allylic oxidation sites excluding steroid dienone is 1. The second kappa shape index (κ2) is 16.9. The molecule has 2 N–H and O–H groups in total. The number of benzene rings is 1. The smallest absolute Gasteiger partial charge is 0.345 e. The highest BCUT2D eigenvalue weighted by Gasteiger charge is 2.63. The summed E-state index contributed by atoms with van der Waals surface area (Å²) in [5.41, 5.74) is 3.92. The van der Waals surface area contributed by atoms with Gasteiger partial charge in [-0.3, -0.25) is 4.90 Å². The van der Waals surface area contributed by atoms with E-state index in [1.165, 1.54) is 101 Å². The van der Waals surface area contributed by atoms with Crippen LogP contribution in [0.1, 0.15) is 128 Å². The van der Waals surface area contributed by atoms with Crippen LogP contribution in [0.25, 0.3) is 0 Å². The minimum atomic E-state index is -0.571. The topological polar surface area (TPSA) is 88.5 Å². The van der Waals surface area contributed by atoms with Crippen LogP contribution in [0.5, 0.6) is 0 Å². The van der Waals surface area contributed by atoms with Crippen LogP contribution in [0.4, 0.5) is 0 Å². The molecule has 0 bridgehead atoms. The lowest BCUT2D eigenvalue weighted by Gasteiger charge is -2.53. The van der Waals surface area contributed by atoms with Crippen molar-refractivity contribution in [3.05, 3.63) is 70.1 Å². The van der Waals surface area contributed by atoms with Crippen LogP contribution in [0.2, 0.25) is 0 Å². The van der Waals surface area contributed by atoms with Crippen molar-refractivity contribution in [2.75, 3.05) is 25.2 Å². The van der Waals surface area contributed by atoms with E-state index in [-0.39, 0.29) is 41.4 Å². The minimum Gasteiger partial charge on any atom is -0.492 e. The zero-order valence-corrected chi connectivity index (χ0v) is 36.4. The summed E-state index contributed by atoms with van der Waals surface area (Å²) in [7, 11) is 5.72. The first-order chi connectivity index (χ1) is 27.8. The molecule has 8 aliphatic rings. The zero-order chi connectivity index (χ0) is 39.3. The van der Waals surface area contributed by atoms with Gasteiger partial charge in [0, 0.05) is 41.5 Å². The van der Waals surface area contributed by atoms with Gasteiger partial charge in [0.15, 0.2) is 11.5 Å². The number of methoxy groups -OCH3 is 1. The van der Waals surface area contributed by atoms with E-state index in [1.54, 1.807) is 0 Å². The Kier molecular flexibility index (Phi) is 12.0. The molecule has 3 aliphatic carbocycles. The number of hydrogen-bond donors (Lipinski definition) is 2. The molecular formula is C48H67NO6S2. The van der Waals surface area contributed by atoms with Crippen LogP contribution in [0.3, 0.4) is 0 Å². The molecule has 3 saturated carbocycles. The standard InChI is InChI=1S/C48H67NO6S2/c1-4-5-6-11-31-12-9-13-32(22-31)23-33-24-38-40(51)26-37-34(16-21-48(37)20-10-19-47(48)17-7-8-18-47)28-56-57-29-35-14-15-41-42(39(25-33)49(35)38)30(2)43(54-41)45-44(53-3)36(27-50)46(52)55-45/h9,12-13,15,22,30,33-35,37-40,42,50-51H,4-8,10-11,14,16-21,23-29H2,1-3H3/t30-,33+,34+,35+,37-,38+,39-,40-,42-,48+/m0/s1. The average molecular weight is 818 g/mol. The summed E-state index contributed by atoms with van der Waals surface area (Å²) in [6.07, 6.45) is 24.2. The first-order valence-corrected chi connectivity index (χ1v) is 25.3. The maximum Gasteiger partial charge on any atom is 0.345 e. The Morgan fingerprint density at radius 3 is 2.56 bits per heavy atom. The fraction of sp³-hybridized carbons (Fsp3) is 0.729. The number of aliphatic hydroxyl groups is 2. The Labute approximate surface area is 349 Å². The van der Waals surface area contributed by atoms with Crippen molar-refractivity contribution in [3.63, 3.8) is 0 Å². The Morgan fingerprint density at radius 1 is 0.965 bits per heavy atom. The third-order valence-corrected chi connectivity index (χ3v) is 19.2. The van der Waals surface area contributed by atoms with Gasteiger partial charge < -0.3 is 24.4 Å². The summed E-state index contributed by atoms with van der Waals surface area (Å²) in [6, 6.07) is 9.92. The molecule has 1 aromatic rings. The number of nitrogens with zero attached hydrogens (tertiary/aromatic N) is 1. The van der Waals surface area contributed by atoms with E-state index in [2.05, 4.69) is 70.7 Å². The van der Waals surface area contributed by atoms with Gasteiger partial charge in [-0.1, -0.05) is 91.8 Å². The largest absolute Gasteiger partial charge is 0.492 e. The molecule has 0 unspecified atom stereocenters. The molecule has 0 amide bonds. The number of unbranched alkanes of at least 4 members (excludes halogenated alkanes) is 2. The Balaban J connectivity index is 1.09. The molecule has 1 aromatic carbocycles. The number of hydrogen-bond acceptors (Lipinski definition) is 9. The van der Waals surface area contributed by atoms with E-state index in [0.29, 0.717) is 46.1 Å². The highest BCUT2D eigenvalue weighted by molar-refractivity contribution is 8.76. The van der Waals surface area contributed by atoms with E-state index < -0.39 is 12.6 Å². The fourth-order valence-electron chi connectivity index (χ4n) is 14.2. The molecule has 0 aromatic heterocycles. The van der Waals surface area contributed by atoms with Gasteiger partial charge in [-0.25, -0.2) is 4.79 Å². The third-order valence-electron chi connectivity index (χ3n) is 16.6. The molecule has 2 spiro atoms. The number of carbonyl (C=O) groups excluding carboxylic acids is 1. The lowest BCUT2D eigenvalue weighted by Crippen LogP contribution is -2.61. The number of cyclic esters (lactones) is 1. The van der Waals surface area contributed by atoms with Crippen LogP contribution in [0, 0.1) is 40.4 Å². The van der Waals surface area contributed by atoms with Crippen molar-refractivity contribution in [2.45, 2.75) is 154 Å². The average Bonchev–Trinajstić information content (AvgIpc) is 4.02. The second-order valence-corrected chi connectivity index (χ2v) is 21.9.